The van der Waals surface area contributed by atoms with Gasteiger partial charge in [-0.3, -0.25) is 6.07 Å². The first kappa shape index (κ1) is 31.3. The summed E-state index contributed by atoms with van der Waals surface area (Å²) in [6.45, 7) is 1.82. The Morgan fingerprint density at radius 1 is 1.47 bits per heavy atom. The minimum absolute atomic E-state index is 0. The van der Waals surface area contributed by atoms with Gasteiger partial charge in [-0.25, -0.2) is 11.8 Å². The molecule has 2 radical (unpaired) electrons. The fourth-order valence-electron chi connectivity index (χ4n) is 0.920. The maximum atomic E-state index is 10.3. The van der Waals surface area contributed by atoms with Gasteiger partial charge >= 0.3 is 0 Å². The third-order valence-corrected chi connectivity index (χ3v) is 1.53. The van der Waals surface area contributed by atoms with Crippen molar-refractivity contribution in [2.75, 3.05) is 0 Å². The second-order valence-corrected chi connectivity index (χ2v) is 2.32. The first-order chi connectivity index (χ1) is 5.79. The molecule has 0 fully saturated rings. The smallest absolute Gasteiger partial charge is 0 e. The number of benzene rings is 1. The number of carbonyl (C=O) groups excluding carboxylic acids is 1. The zero-order valence-corrected chi connectivity index (χ0v) is 20.9. The Morgan fingerprint density at radius 3 is 2.35 bits per heavy atom. The largest absolute Gasteiger partial charge is 0.652 e. The van der Waals surface area contributed by atoms with Gasteiger partial charge in [0.25, 0.3) is 0 Å². The van der Waals surface area contributed by atoms with E-state index in [1.165, 1.54) is 0 Å². The van der Waals surface area contributed by atoms with Crippen molar-refractivity contribution in [3.05, 3.63) is 49.1 Å². The minimum atomic E-state index is 0. The summed E-state index contributed by atoms with van der Waals surface area (Å²) in [7, 11) is 0. The molecule has 0 bridgehead atoms. The minimum Gasteiger partial charge on any atom is -0.652 e. The summed E-state index contributed by atoms with van der Waals surface area (Å²) in [5.41, 5.74) is 1.40. The van der Waals surface area contributed by atoms with Crippen molar-refractivity contribution in [2.45, 2.75) is 6.92 Å². The third kappa shape index (κ3) is 10.3. The van der Waals surface area contributed by atoms with Crippen molar-refractivity contribution >= 4 is 11.9 Å². The van der Waals surface area contributed by atoms with Crippen LogP contribution >= 0.6 is 0 Å². The van der Waals surface area contributed by atoms with E-state index in [4.69, 9.17) is 5.11 Å². The Kier molecular flexibility index (Phi) is 32.9. The monoisotopic (exact) mass is 736 g/mol. The Balaban J connectivity index is -0.0000000960. The molecule has 0 unspecified atom stereocenters. The van der Waals surface area contributed by atoms with Crippen LogP contribution in [0.15, 0.2) is 18.2 Å². The molecule has 2 nitrogen and oxygen atoms in total. The van der Waals surface area contributed by atoms with Crippen LogP contribution in [0.2, 0.25) is 0 Å². The number of hydrogen-bond donors (Lipinski definition) is 1. The summed E-state index contributed by atoms with van der Waals surface area (Å²) >= 11 is 0. The Hall–Kier alpha value is 1.86. The molecule has 0 aliphatic carbocycles. The molecule has 1 aromatic carbocycles. The second kappa shape index (κ2) is 17.9. The van der Waals surface area contributed by atoms with Crippen molar-refractivity contribution in [2.24, 2.45) is 0 Å². The summed E-state index contributed by atoms with van der Waals surface area (Å²) in [6.07, 6.45) is 3.35. The molecule has 0 saturated heterocycles. The number of aliphatic hydroxyl groups is 1. The standard InChI is InChI=1S/C10H7O2.CH3.U.V.W.Y/c1-8-4-2-3-5-10(8)9(6-11)7-12;;;;;/h2-4,11H,1H3;1H3;;;;/q-3;-1;;;;. The zero-order valence-electron chi connectivity index (χ0n) is 9.52. The second-order valence-electron chi connectivity index (χ2n) is 2.32. The number of rotatable bonds is 2. The molecule has 0 atom stereocenters. The molecule has 88 valence electrons. The van der Waals surface area contributed by atoms with Crippen molar-refractivity contribution < 1.29 is 113 Å². The van der Waals surface area contributed by atoms with Gasteiger partial charge in [-0.05, 0) is 0 Å². The van der Waals surface area contributed by atoms with Gasteiger partial charge in [0.1, 0.15) is 0 Å². The third-order valence-electron chi connectivity index (χ3n) is 1.53. The first-order valence-electron chi connectivity index (χ1n) is 3.42. The molecule has 0 amide bonds. The molecule has 0 spiro atoms. The summed E-state index contributed by atoms with van der Waals surface area (Å²) in [5, 5.41) is 8.53. The molecule has 0 heterocycles. The van der Waals surface area contributed by atoms with E-state index in [-0.39, 0.29) is 116 Å². The first-order valence-corrected chi connectivity index (χ1v) is 3.42. The van der Waals surface area contributed by atoms with E-state index < -0.39 is 0 Å². The van der Waals surface area contributed by atoms with E-state index in [0.29, 0.717) is 5.56 Å². The molecule has 6 heteroatoms. The summed E-state index contributed by atoms with van der Waals surface area (Å²) < 4.78 is 0. The van der Waals surface area contributed by atoms with E-state index in [1.54, 1.807) is 24.7 Å². The number of hydrogen-bond acceptors (Lipinski definition) is 2. The van der Waals surface area contributed by atoms with E-state index in [0.717, 1.165) is 5.56 Å². The Morgan fingerprint density at radius 2 is 2.00 bits per heavy atom. The molecular weight excluding hydrogens is 726 g/mol. The van der Waals surface area contributed by atoms with E-state index in [2.05, 4.69) is 6.07 Å². The maximum absolute atomic E-state index is 10.3. The van der Waals surface area contributed by atoms with Crippen LogP contribution in [0.1, 0.15) is 11.1 Å². The van der Waals surface area contributed by atoms with Gasteiger partial charge in [0.05, 0.1) is 0 Å². The fraction of sp³-hybridized carbons (Fsp3) is 0.0909. The van der Waals surface area contributed by atoms with Gasteiger partial charge in [0.2, 0.25) is 0 Å². The van der Waals surface area contributed by atoms with Crippen molar-refractivity contribution in [3.63, 3.8) is 0 Å². The maximum Gasteiger partial charge on any atom is 0 e. The zero-order chi connectivity index (χ0) is 8.97. The summed E-state index contributed by atoms with van der Waals surface area (Å²) in [5.74, 6) is 0. The van der Waals surface area contributed by atoms with Gasteiger partial charge in [0.15, 0.2) is 0 Å². The molecule has 0 saturated carbocycles. The van der Waals surface area contributed by atoms with Crippen LogP contribution in [0.5, 0.6) is 0 Å². The van der Waals surface area contributed by atoms with Crippen LogP contribution in [-0.4, -0.2) is 11.4 Å². The van der Waals surface area contributed by atoms with Gasteiger partial charge in [0, 0.05) is 103 Å². The number of aryl methyl sites for hydroxylation is 1. The molecule has 1 aromatic rings. The molecule has 0 aliphatic heterocycles. The quantitative estimate of drug-likeness (QED) is 0.287. The average Bonchev–Trinajstić information content (AvgIpc) is 2.10. The van der Waals surface area contributed by atoms with E-state index in [9.17, 15) is 4.79 Å². The normalized spacial score (nSPS) is 7.94. The predicted octanol–water partition coefficient (Wildman–Crippen LogP) is 2.05. The average molecular weight is 736 g/mol. The van der Waals surface area contributed by atoms with Crippen molar-refractivity contribution in [1.82, 2.24) is 0 Å². The topological polar surface area (TPSA) is 37.3 Å². The van der Waals surface area contributed by atoms with Crippen molar-refractivity contribution in [1.29, 1.82) is 0 Å². The molecule has 1 N–H and O–H groups in total. The van der Waals surface area contributed by atoms with Crippen LogP contribution in [-0.2, 0) is 77.1 Å². The van der Waals surface area contributed by atoms with Crippen LogP contribution in [0.25, 0.3) is 5.57 Å². The number of aliphatic hydroxyl groups excluding tert-OH is 1. The van der Waals surface area contributed by atoms with E-state index in [1.807, 2.05) is 13.0 Å². The Bertz CT molecular complexity index is 335. The van der Waals surface area contributed by atoms with Gasteiger partial charge < -0.3 is 28.5 Å². The van der Waals surface area contributed by atoms with Crippen LogP contribution < -0.4 is 0 Å². The number of allylic oxidation sites excluding steroid dienone is 1. The van der Waals surface area contributed by atoms with Crippen molar-refractivity contribution in [3.8, 4) is 0 Å². The fourth-order valence-corrected chi connectivity index (χ4v) is 0.920. The van der Waals surface area contributed by atoms with Crippen LogP contribution in [0.3, 0.4) is 0 Å². The molecule has 17 heavy (non-hydrogen) atoms. The van der Waals surface area contributed by atoms with Gasteiger partial charge in [-0.1, -0.05) is 6.92 Å². The van der Waals surface area contributed by atoms with Crippen LogP contribution in [0.4, 0.5) is 0 Å². The van der Waals surface area contributed by atoms with Gasteiger partial charge in [-0.15, -0.1) is 6.07 Å². The summed E-state index contributed by atoms with van der Waals surface area (Å²) in [4.78, 5) is 10.3. The van der Waals surface area contributed by atoms with Gasteiger partial charge in [-0.2, -0.15) is 18.4 Å². The summed E-state index contributed by atoms with van der Waals surface area (Å²) in [6, 6.07) is 8.10. The molecule has 0 aliphatic rings. The molecule has 0 aromatic heterocycles. The SMILES string of the molecule is Cc1ccc[c-]c1C([C-]=O)=[C-]O.[CH3-].[U].[V].[W].[Y]. The molecular formula is C11H10O2UVWY-4. The molecule has 1 rings (SSSR count). The predicted molar refractivity (Wildman–Crippen MR) is 51.4 cm³/mol. The van der Waals surface area contributed by atoms with Crippen LogP contribution in [0, 0.1) is 57.8 Å². The van der Waals surface area contributed by atoms with E-state index >= 15 is 0 Å². The Labute approximate surface area is 178 Å².